The molecule has 0 atom stereocenters. The second kappa shape index (κ2) is 24.4. The third-order valence-electron chi connectivity index (χ3n) is 4.10. The van der Waals surface area contributed by atoms with Gasteiger partial charge in [0.15, 0.2) is 32.2 Å². The molecule has 0 aliphatic carbocycles. The van der Waals surface area contributed by atoms with Crippen molar-refractivity contribution in [3.05, 3.63) is 47.5 Å². The Morgan fingerprint density at radius 1 is 0.646 bits per heavy atom. The number of alkyl halides is 12. The number of benzene rings is 2. The first-order chi connectivity index (χ1) is 21.8. The number of ketones is 1. The normalized spacial score (nSPS) is 11.4. The van der Waals surface area contributed by atoms with Crippen LogP contribution in [0.2, 0.25) is 0 Å². The molecule has 0 saturated carbocycles. The van der Waals surface area contributed by atoms with Crippen molar-refractivity contribution in [3.8, 4) is 23.0 Å². The summed E-state index contributed by atoms with van der Waals surface area (Å²) in [6, 6.07) is 5.17. The van der Waals surface area contributed by atoms with Crippen LogP contribution in [0.15, 0.2) is 36.4 Å². The number of aromatic carboxylic acids is 1. The SMILES string of the molecule is CC(=O)c1cc(OCC(F)(F)F)ccc1OCC(F)(F)F.I[I-]I.O=C(O)c1cc(OCC(F)(F)F)ccc1OCC(F)(F)F.[I][V][I]. The molecule has 0 amide bonds. The van der Waals surface area contributed by atoms with E-state index in [1.165, 1.54) is 0 Å². The fourth-order valence-electron chi connectivity index (χ4n) is 2.54. The van der Waals surface area contributed by atoms with Gasteiger partial charge in [-0.15, -0.1) is 0 Å². The Labute approximate surface area is 322 Å². The standard InChI is InChI=1S/C12H10F6O3.C11H8F6O4.I3.2HI.V/c1-7(19)9-4-8(20-5-11(13,14)15)2-3-10(9)21-6-12(16,17)18;12-10(13,14)4-20-6-1-2-8(7(3-6)9(18)19)21-5-11(15,16)17;1-3-2;;;/h2-4H,5-6H2,1H3;1-3H,4-5H2,(H,18,19);;2*1H;/q;;-1;;;+2/p-2. The van der Waals surface area contributed by atoms with Crippen molar-refractivity contribution < 1.29 is 109 Å². The summed E-state index contributed by atoms with van der Waals surface area (Å²) in [4.78, 5) is 22.2. The van der Waals surface area contributed by atoms with E-state index in [-0.39, 0.29) is 17.1 Å². The maximum atomic E-state index is 12.0. The third kappa shape index (κ3) is 27.8. The molecule has 25 heteroatoms. The van der Waals surface area contributed by atoms with Crippen LogP contribution in [-0.4, -0.2) is 68.0 Å². The summed E-state index contributed by atoms with van der Waals surface area (Å²) >= 11 is 10.0. The van der Waals surface area contributed by atoms with Gasteiger partial charge < -0.3 is 24.1 Å². The van der Waals surface area contributed by atoms with Crippen molar-refractivity contribution in [2.75, 3.05) is 26.4 Å². The Morgan fingerprint density at radius 2 is 0.917 bits per heavy atom. The molecule has 0 aliphatic rings. The summed E-state index contributed by atoms with van der Waals surface area (Å²) in [6.07, 6.45) is -18.5. The molecular formula is C23H18F12I5O7V-. The molecule has 48 heavy (non-hydrogen) atoms. The van der Waals surface area contributed by atoms with Crippen molar-refractivity contribution >= 4 is 88.9 Å². The second-order valence-electron chi connectivity index (χ2n) is 7.91. The van der Waals surface area contributed by atoms with Crippen LogP contribution < -0.4 is 32.2 Å². The predicted molar refractivity (Wildman–Crippen MR) is 172 cm³/mol. The van der Waals surface area contributed by atoms with Crippen molar-refractivity contribution in [1.29, 1.82) is 0 Å². The van der Waals surface area contributed by atoms with E-state index < -0.39 is 79.9 Å². The number of ether oxygens (including phenoxy) is 4. The van der Waals surface area contributed by atoms with Gasteiger partial charge in [-0.2, -0.15) is 52.7 Å². The maximum absolute atomic E-state index is 12.0. The third-order valence-corrected chi connectivity index (χ3v) is 4.10. The first-order valence-electron chi connectivity index (χ1n) is 11.4. The number of carbonyl (C=O) groups excluding carboxylic acids is 1. The van der Waals surface area contributed by atoms with Gasteiger partial charge in [-0.3, -0.25) is 4.79 Å². The number of rotatable bonds is 10. The van der Waals surface area contributed by atoms with Gasteiger partial charge in [0, 0.05) is 0 Å². The molecule has 0 saturated heterocycles. The molecule has 0 radical (unpaired) electrons. The van der Waals surface area contributed by atoms with Crippen LogP contribution in [-0.2, 0) is 9.47 Å². The van der Waals surface area contributed by atoms with Gasteiger partial charge in [-0.25, -0.2) is 4.79 Å². The van der Waals surface area contributed by atoms with Gasteiger partial charge in [0.1, 0.15) is 28.6 Å². The van der Waals surface area contributed by atoms with Crippen molar-refractivity contribution in [1.82, 2.24) is 0 Å². The number of halogens is 17. The van der Waals surface area contributed by atoms with Crippen molar-refractivity contribution in [3.63, 3.8) is 0 Å². The van der Waals surface area contributed by atoms with E-state index in [1.54, 1.807) is 0 Å². The zero-order chi connectivity index (χ0) is 37.9. The van der Waals surface area contributed by atoms with Gasteiger partial charge in [0.25, 0.3) is 0 Å². The van der Waals surface area contributed by atoms with Gasteiger partial charge in [0.05, 0.1) is 5.56 Å². The van der Waals surface area contributed by atoms with Crippen molar-refractivity contribution in [2.45, 2.75) is 31.6 Å². The Bertz CT molecular complexity index is 1170. The Kier molecular flexibility index (Phi) is 25.6. The molecule has 0 unspecified atom stereocenters. The minimum absolute atomic E-state index is 0.293. The summed E-state index contributed by atoms with van der Waals surface area (Å²) in [6.45, 7) is -5.53. The zero-order valence-corrected chi connectivity index (χ0v) is 35.2. The van der Waals surface area contributed by atoms with Gasteiger partial charge in [-0.05, 0) is 43.3 Å². The summed E-state index contributed by atoms with van der Waals surface area (Å²) in [5, 5.41) is 8.81. The fourth-order valence-corrected chi connectivity index (χ4v) is 2.54. The molecule has 1 N–H and O–H groups in total. The Hall–Kier alpha value is 0.174. The van der Waals surface area contributed by atoms with E-state index in [0.29, 0.717) is 28.8 Å². The molecule has 0 spiro atoms. The van der Waals surface area contributed by atoms with E-state index in [1.807, 2.05) is 0 Å². The van der Waals surface area contributed by atoms with Gasteiger partial charge in [-0.1, -0.05) is 0 Å². The van der Waals surface area contributed by atoms with Crippen LogP contribution in [0, 0.1) is 0 Å². The summed E-state index contributed by atoms with van der Waals surface area (Å²) in [7, 11) is 0.628. The zero-order valence-electron chi connectivity index (χ0n) is 23.1. The molecule has 0 aromatic heterocycles. The number of Topliss-reactive ketones (excluding diaryl/α,β-unsaturated/α-hetero) is 1. The van der Waals surface area contributed by atoms with E-state index >= 15 is 0 Å². The van der Waals surface area contributed by atoms with Crippen molar-refractivity contribution in [2.24, 2.45) is 0 Å². The van der Waals surface area contributed by atoms with Crippen LogP contribution in [0.4, 0.5) is 52.7 Å². The molecule has 7 nitrogen and oxygen atoms in total. The summed E-state index contributed by atoms with van der Waals surface area (Å²) < 4.78 is 161. The fraction of sp³-hybridized carbons (Fsp3) is 0.391. The molecule has 2 aromatic rings. The molecule has 0 heterocycles. The topological polar surface area (TPSA) is 91.3 Å². The predicted octanol–water partition coefficient (Wildman–Crippen LogP) is 7.58. The minimum atomic E-state index is -4.68. The van der Waals surface area contributed by atoms with Crippen LogP contribution >= 0.6 is 77.2 Å². The first-order valence-corrected chi connectivity index (χ1v) is 33.0. The van der Waals surface area contributed by atoms with E-state index in [4.69, 9.17) is 5.11 Å². The number of carbonyl (C=O) groups is 2. The van der Waals surface area contributed by atoms with Gasteiger partial charge in [0.2, 0.25) is 0 Å². The van der Waals surface area contributed by atoms with E-state index in [0.717, 1.165) is 37.3 Å². The second-order valence-corrected chi connectivity index (χ2v) is 35.9. The molecule has 2 rings (SSSR count). The monoisotopic (exact) mass is 1320 g/mol. The van der Waals surface area contributed by atoms with Crippen LogP contribution in [0.1, 0.15) is 27.6 Å². The molecular weight excluding hydrogens is 1300 g/mol. The first kappa shape index (κ1) is 50.3. The van der Waals surface area contributed by atoms with Gasteiger partial charge >= 0.3 is 131 Å². The quantitative estimate of drug-likeness (QED) is 0.149. The number of hydrogen-bond donors (Lipinski definition) is 1. The molecule has 277 valence electrons. The van der Waals surface area contributed by atoms with Crippen LogP contribution in [0.3, 0.4) is 0 Å². The summed E-state index contributed by atoms with van der Waals surface area (Å²) in [5.41, 5.74) is -1.03. The molecule has 2 aromatic carbocycles. The molecule has 0 bridgehead atoms. The van der Waals surface area contributed by atoms with E-state index in [9.17, 15) is 62.3 Å². The number of hydrogen-bond acceptors (Lipinski definition) is 6. The average molecular weight is 1320 g/mol. The van der Waals surface area contributed by atoms with Crippen LogP contribution in [0.25, 0.3) is 0 Å². The molecule has 0 fully saturated rings. The number of carboxylic acid groups (broad SMARTS) is 1. The Balaban J connectivity index is 0. The van der Waals surface area contributed by atoms with Crippen LogP contribution in [0.5, 0.6) is 23.0 Å². The average Bonchev–Trinajstić information content (AvgIpc) is 2.92. The summed E-state index contributed by atoms with van der Waals surface area (Å²) in [5.74, 6) is -4.08. The Morgan fingerprint density at radius 3 is 1.19 bits per heavy atom. The number of carboxylic acids is 1. The molecule has 0 aliphatic heterocycles. The van der Waals surface area contributed by atoms with E-state index in [2.05, 4.69) is 96.1 Å².